The highest BCUT2D eigenvalue weighted by atomic mass is 32.2. The molecular formula is C28H36F4N2O6S2. The number of rotatable bonds is 9. The topological polar surface area (TPSA) is 96.4 Å². The summed E-state index contributed by atoms with van der Waals surface area (Å²) in [5, 5.41) is 9.32. The summed E-state index contributed by atoms with van der Waals surface area (Å²) < 4.78 is 96.5. The highest BCUT2D eigenvalue weighted by Crippen LogP contribution is 2.58. The van der Waals surface area contributed by atoms with Crippen molar-refractivity contribution in [2.24, 2.45) is 11.3 Å². The molecule has 2 atom stereocenters. The number of carbonyl (C=O) groups is 1. The Morgan fingerprint density at radius 3 is 2.40 bits per heavy atom. The van der Waals surface area contributed by atoms with Gasteiger partial charge < -0.3 is 19.5 Å². The lowest BCUT2D eigenvalue weighted by Gasteiger charge is -2.38. The number of carboxylic acids is 1. The van der Waals surface area contributed by atoms with E-state index in [0.717, 1.165) is 32.6 Å². The summed E-state index contributed by atoms with van der Waals surface area (Å²) in [7, 11) is -2.76. The second-order valence-electron chi connectivity index (χ2n) is 13.0. The third kappa shape index (κ3) is 5.27. The van der Waals surface area contributed by atoms with Crippen LogP contribution in [0.25, 0.3) is 0 Å². The average Bonchev–Trinajstić information content (AvgIpc) is 3.25. The van der Waals surface area contributed by atoms with Crippen molar-refractivity contribution in [1.82, 2.24) is 4.31 Å². The van der Waals surface area contributed by atoms with E-state index in [1.165, 1.54) is 29.2 Å². The van der Waals surface area contributed by atoms with Crippen LogP contribution in [0.3, 0.4) is 0 Å². The number of thioether (sulfide) groups is 1. The lowest BCUT2D eigenvalue weighted by atomic mass is 9.87. The number of alkyl halides is 4. The largest absolute Gasteiger partial charge is 0.491 e. The molecule has 1 aromatic rings. The number of hydrogen-bond acceptors (Lipinski definition) is 7. The molecule has 8 nitrogen and oxygen atoms in total. The number of nitrogens with zero attached hydrogens (tertiary/aromatic N) is 2. The van der Waals surface area contributed by atoms with Crippen molar-refractivity contribution in [3.05, 3.63) is 12.1 Å². The van der Waals surface area contributed by atoms with E-state index in [9.17, 15) is 35.9 Å². The Hall–Kier alpha value is -1.77. The number of likely N-dealkylation sites (N-methyl/N-ethyl adjacent to an activating group) is 1. The molecule has 1 saturated heterocycles. The van der Waals surface area contributed by atoms with Crippen molar-refractivity contribution < 1.29 is 45.4 Å². The Labute approximate surface area is 247 Å². The maximum absolute atomic E-state index is 14.2. The first-order chi connectivity index (χ1) is 19.6. The average molecular weight is 637 g/mol. The second-order valence-corrected chi connectivity index (χ2v) is 16.2. The van der Waals surface area contributed by atoms with Crippen molar-refractivity contribution >= 4 is 33.4 Å². The van der Waals surface area contributed by atoms with Crippen molar-refractivity contribution in [3.63, 3.8) is 0 Å². The number of ether oxygens (including phenoxy) is 2. The number of fused-ring (bicyclic) bond motifs is 1. The summed E-state index contributed by atoms with van der Waals surface area (Å²) in [5.74, 6) is -7.24. The van der Waals surface area contributed by atoms with E-state index in [1.54, 1.807) is 6.07 Å². The number of anilines is 1. The molecule has 0 amide bonds. The fourth-order valence-corrected chi connectivity index (χ4v) is 10.1. The Kier molecular flexibility index (Phi) is 7.30. The minimum atomic E-state index is -4.20. The highest BCUT2D eigenvalue weighted by Gasteiger charge is 2.64. The van der Waals surface area contributed by atoms with Gasteiger partial charge in [0, 0.05) is 50.2 Å². The van der Waals surface area contributed by atoms with Gasteiger partial charge in [-0.2, -0.15) is 4.31 Å². The number of hydrogen-bond donors (Lipinski definition) is 1. The minimum absolute atomic E-state index is 0.00534. The van der Waals surface area contributed by atoms with Crippen LogP contribution >= 0.6 is 11.8 Å². The van der Waals surface area contributed by atoms with Crippen LogP contribution in [-0.2, 0) is 19.6 Å². The molecule has 42 heavy (non-hydrogen) atoms. The molecule has 6 rings (SSSR count). The SMILES string of the molecule is CN1C2(CC2CC(C)(F)F)CN(C2CCCC2)c2cc(SC3CC(F)(F)C3)c(OCC3(C(=O)O)COC3)cc2S1(=O)=O. The van der Waals surface area contributed by atoms with Gasteiger partial charge >= 0.3 is 5.97 Å². The van der Waals surface area contributed by atoms with Crippen LogP contribution in [0.5, 0.6) is 5.75 Å². The normalized spacial score (nSPS) is 30.3. The van der Waals surface area contributed by atoms with Crippen molar-refractivity contribution in [3.8, 4) is 5.75 Å². The van der Waals surface area contributed by atoms with Crippen LogP contribution < -0.4 is 9.64 Å². The molecule has 5 aliphatic rings. The third-order valence-electron chi connectivity index (χ3n) is 9.68. The predicted octanol–water partition coefficient (Wildman–Crippen LogP) is 5.24. The third-order valence-corrected chi connectivity index (χ3v) is 12.9. The molecule has 4 fully saturated rings. The standard InChI is InChI=1S/C28H36F4N2O6S2/c1-25(29,30)9-17-10-27(17)13-34(18-5-3-4-6-18)20-7-22(41-19-11-28(31,32)12-19)21(8-23(20)42(37,38)33(27)2)40-16-26(24(35)36)14-39-15-26/h7-8,17-19H,3-6,9-16H2,1-2H3,(H,35,36). The molecule has 2 heterocycles. The van der Waals surface area contributed by atoms with E-state index in [1.807, 2.05) is 4.90 Å². The summed E-state index contributed by atoms with van der Waals surface area (Å²) in [5.41, 5.74) is -1.87. The Morgan fingerprint density at radius 2 is 1.86 bits per heavy atom. The Bertz CT molecular complexity index is 1350. The van der Waals surface area contributed by atoms with Crippen molar-refractivity contribution in [2.45, 2.75) is 96.8 Å². The van der Waals surface area contributed by atoms with Gasteiger partial charge in [-0.1, -0.05) is 12.8 Å². The monoisotopic (exact) mass is 636 g/mol. The molecule has 3 aliphatic carbocycles. The molecule has 0 bridgehead atoms. The van der Waals surface area contributed by atoms with Gasteiger partial charge in [0.1, 0.15) is 22.7 Å². The number of aliphatic carboxylic acids is 1. The Balaban J connectivity index is 1.42. The molecule has 2 aliphatic heterocycles. The van der Waals surface area contributed by atoms with Crippen LogP contribution in [0.4, 0.5) is 23.2 Å². The van der Waals surface area contributed by atoms with E-state index in [2.05, 4.69) is 0 Å². The molecule has 3 saturated carbocycles. The van der Waals surface area contributed by atoms with Crippen LogP contribution in [0.1, 0.15) is 58.3 Å². The van der Waals surface area contributed by atoms with Crippen LogP contribution in [0.15, 0.2) is 21.9 Å². The minimum Gasteiger partial charge on any atom is -0.491 e. The van der Waals surface area contributed by atoms with Crippen molar-refractivity contribution in [2.75, 3.05) is 38.3 Å². The van der Waals surface area contributed by atoms with Gasteiger partial charge in [0.15, 0.2) is 0 Å². The van der Waals surface area contributed by atoms with Gasteiger partial charge in [-0.25, -0.2) is 26.0 Å². The van der Waals surface area contributed by atoms with Gasteiger partial charge in [0.2, 0.25) is 21.9 Å². The summed E-state index contributed by atoms with van der Waals surface area (Å²) in [6, 6.07) is 3.05. The number of sulfonamides is 1. The zero-order valence-corrected chi connectivity index (χ0v) is 25.2. The molecule has 234 valence electrons. The van der Waals surface area contributed by atoms with Gasteiger partial charge in [0.25, 0.3) is 0 Å². The van der Waals surface area contributed by atoms with E-state index >= 15 is 0 Å². The van der Waals surface area contributed by atoms with Gasteiger partial charge in [-0.3, -0.25) is 4.79 Å². The van der Waals surface area contributed by atoms with E-state index in [-0.39, 0.29) is 55.9 Å². The summed E-state index contributed by atoms with van der Waals surface area (Å²) in [6.07, 6.45) is 2.80. The van der Waals surface area contributed by atoms with Crippen molar-refractivity contribution in [1.29, 1.82) is 0 Å². The van der Waals surface area contributed by atoms with E-state index < -0.39 is 56.4 Å². The number of carboxylic acid groups (broad SMARTS) is 1. The zero-order chi connectivity index (χ0) is 30.3. The molecule has 14 heteroatoms. The number of halogens is 4. The van der Waals surface area contributed by atoms with E-state index in [0.29, 0.717) is 17.0 Å². The van der Waals surface area contributed by atoms with Gasteiger partial charge in [-0.15, -0.1) is 11.8 Å². The zero-order valence-electron chi connectivity index (χ0n) is 23.6. The lowest BCUT2D eigenvalue weighted by Crippen LogP contribution is -2.53. The van der Waals surface area contributed by atoms with E-state index in [4.69, 9.17) is 9.47 Å². The smallest absolute Gasteiger partial charge is 0.317 e. The lowest BCUT2D eigenvalue weighted by molar-refractivity contribution is -0.185. The Morgan fingerprint density at radius 1 is 1.19 bits per heavy atom. The highest BCUT2D eigenvalue weighted by molar-refractivity contribution is 8.00. The molecule has 1 spiro atoms. The van der Waals surface area contributed by atoms with Crippen LogP contribution in [-0.4, -0.2) is 85.9 Å². The predicted molar refractivity (Wildman–Crippen MR) is 147 cm³/mol. The first kappa shape index (κ1) is 30.3. The van der Waals surface area contributed by atoms with Crippen LogP contribution in [0, 0.1) is 11.3 Å². The first-order valence-electron chi connectivity index (χ1n) is 14.4. The first-order valence-corrected chi connectivity index (χ1v) is 16.7. The maximum atomic E-state index is 14.2. The van der Waals surface area contributed by atoms with Gasteiger partial charge in [-0.05, 0) is 38.2 Å². The number of benzene rings is 1. The fourth-order valence-electron chi connectivity index (χ4n) is 6.92. The summed E-state index contributed by atoms with van der Waals surface area (Å²) in [6.45, 7) is 0.698. The molecule has 2 unspecified atom stereocenters. The fraction of sp³-hybridized carbons (Fsp3) is 0.750. The maximum Gasteiger partial charge on any atom is 0.317 e. The molecule has 0 aromatic heterocycles. The molecule has 1 N–H and O–H groups in total. The molecule has 0 radical (unpaired) electrons. The second kappa shape index (κ2) is 10.1. The molecular weight excluding hydrogens is 600 g/mol. The molecule has 1 aromatic carbocycles. The van der Waals surface area contributed by atoms with Gasteiger partial charge in [0.05, 0.1) is 29.3 Å². The summed E-state index contributed by atoms with van der Waals surface area (Å²) >= 11 is 1.18. The summed E-state index contributed by atoms with van der Waals surface area (Å²) in [4.78, 5) is 14.4. The van der Waals surface area contributed by atoms with Crippen LogP contribution in [0.2, 0.25) is 0 Å². The quantitative estimate of drug-likeness (QED) is 0.368.